The van der Waals surface area contributed by atoms with E-state index < -0.39 is 5.82 Å². The van der Waals surface area contributed by atoms with E-state index in [1.807, 2.05) is 11.8 Å². The lowest BCUT2D eigenvalue weighted by Gasteiger charge is -2.30. The predicted molar refractivity (Wildman–Crippen MR) is 65.9 cm³/mol. The average Bonchev–Trinajstić information content (AvgIpc) is 2.28. The van der Waals surface area contributed by atoms with E-state index in [4.69, 9.17) is 5.11 Å². The van der Waals surface area contributed by atoms with Gasteiger partial charge in [-0.1, -0.05) is 6.92 Å². The highest BCUT2D eigenvalue weighted by atomic mass is 32.2. The van der Waals surface area contributed by atoms with Crippen molar-refractivity contribution in [1.29, 1.82) is 0 Å². The summed E-state index contributed by atoms with van der Waals surface area (Å²) >= 11 is 1.81. The maximum Gasteiger partial charge on any atom is 0.256 e. The molecule has 2 rings (SSSR count). The van der Waals surface area contributed by atoms with Crippen molar-refractivity contribution in [1.82, 2.24) is 4.90 Å². The third-order valence-electron chi connectivity index (χ3n) is 2.71. The molecular weight excluding hydrogens is 241 g/mol. The zero-order valence-corrected chi connectivity index (χ0v) is 10.3. The van der Waals surface area contributed by atoms with Gasteiger partial charge in [-0.05, 0) is 12.1 Å². The second kappa shape index (κ2) is 4.96. The van der Waals surface area contributed by atoms with E-state index in [0.717, 1.165) is 11.8 Å². The zero-order valence-electron chi connectivity index (χ0n) is 9.52. The van der Waals surface area contributed by atoms with Crippen molar-refractivity contribution < 1.29 is 14.3 Å². The van der Waals surface area contributed by atoms with Gasteiger partial charge >= 0.3 is 0 Å². The minimum Gasteiger partial charge on any atom is -0.508 e. The molecule has 1 amide bonds. The Labute approximate surface area is 104 Å². The fraction of sp³-hybridized carbons (Fsp3) is 0.417. The Balaban J connectivity index is 2.18. The molecule has 3 nitrogen and oxygen atoms in total. The minimum absolute atomic E-state index is 0.0295. The van der Waals surface area contributed by atoms with Crippen molar-refractivity contribution in [3.8, 4) is 5.75 Å². The predicted octanol–water partition coefficient (Wildman–Crippen LogP) is 2.11. The molecular formula is C12H14FNO2S. The van der Waals surface area contributed by atoms with Crippen LogP contribution in [0, 0.1) is 5.82 Å². The Hall–Kier alpha value is -1.23. The molecule has 0 bridgehead atoms. The molecule has 0 aliphatic carbocycles. The van der Waals surface area contributed by atoms with Gasteiger partial charge in [-0.15, -0.1) is 0 Å². The summed E-state index contributed by atoms with van der Waals surface area (Å²) in [5, 5.41) is 9.49. The van der Waals surface area contributed by atoms with Crippen LogP contribution in [0.3, 0.4) is 0 Å². The van der Waals surface area contributed by atoms with E-state index in [1.54, 1.807) is 4.90 Å². The van der Waals surface area contributed by atoms with Crippen molar-refractivity contribution in [2.45, 2.75) is 12.2 Å². The molecule has 1 aliphatic rings. The van der Waals surface area contributed by atoms with Gasteiger partial charge < -0.3 is 10.0 Å². The van der Waals surface area contributed by atoms with Crippen LogP contribution in [0.4, 0.5) is 4.39 Å². The molecule has 1 heterocycles. The van der Waals surface area contributed by atoms with Gasteiger partial charge in [0.1, 0.15) is 11.6 Å². The number of benzene rings is 1. The monoisotopic (exact) mass is 255 g/mol. The third kappa shape index (κ3) is 2.72. The van der Waals surface area contributed by atoms with E-state index in [2.05, 4.69) is 6.92 Å². The molecule has 17 heavy (non-hydrogen) atoms. The quantitative estimate of drug-likeness (QED) is 0.835. The molecule has 0 saturated carbocycles. The van der Waals surface area contributed by atoms with Crippen LogP contribution < -0.4 is 0 Å². The molecule has 0 spiro atoms. The van der Waals surface area contributed by atoms with E-state index in [0.29, 0.717) is 18.3 Å². The van der Waals surface area contributed by atoms with Gasteiger partial charge in [-0.2, -0.15) is 11.8 Å². The number of nitrogens with zero attached hydrogens (tertiary/aromatic N) is 1. The molecule has 1 aliphatic heterocycles. The highest BCUT2D eigenvalue weighted by molar-refractivity contribution is 7.99. The molecule has 1 aromatic rings. The molecule has 1 atom stereocenters. The lowest BCUT2D eigenvalue weighted by molar-refractivity contribution is 0.0758. The first-order chi connectivity index (χ1) is 8.08. The summed E-state index contributed by atoms with van der Waals surface area (Å²) in [6.45, 7) is 3.34. The van der Waals surface area contributed by atoms with E-state index in [-0.39, 0.29) is 17.2 Å². The Morgan fingerprint density at radius 3 is 3.00 bits per heavy atom. The first kappa shape index (κ1) is 12.2. The van der Waals surface area contributed by atoms with Crippen molar-refractivity contribution in [3.63, 3.8) is 0 Å². The summed E-state index contributed by atoms with van der Waals surface area (Å²) < 4.78 is 13.5. The SMILES string of the molecule is CC1CN(C(=O)c2ccc(O)cc2F)CCS1. The van der Waals surface area contributed by atoms with Crippen LogP contribution in [0.25, 0.3) is 0 Å². The van der Waals surface area contributed by atoms with Crippen LogP contribution in [0.15, 0.2) is 18.2 Å². The third-order valence-corrected chi connectivity index (χ3v) is 3.85. The Kier molecular flexibility index (Phi) is 3.57. The van der Waals surface area contributed by atoms with Crippen molar-refractivity contribution >= 4 is 17.7 Å². The number of aromatic hydroxyl groups is 1. The van der Waals surface area contributed by atoms with Crippen molar-refractivity contribution in [2.75, 3.05) is 18.8 Å². The second-order valence-electron chi connectivity index (χ2n) is 4.10. The number of hydrogen-bond donors (Lipinski definition) is 1. The molecule has 1 saturated heterocycles. The van der Waals surface area contributed by atoms with Gasteiger partial charge in [0.25, 0.3) is 5.91 Å². The molecule has 1 N–H and O–H groups in total. The highest BCUT2D eigenvalue weighted by Gasteiger charge is 2.24. The number of carbonyl (C=O) groups excluding carboxylic acids is 1. The van der Waals surface area contributed by atoms with E-state index >= 15 is 0 Å². The molecule has 1 fully saturated rings. The fourth-order valence-electron chi connectivity index (χ4n) is 1.85. The molecule has 1 unspecified atom stereocenters. The normalized spacial score (nSPS) is 20.4. The number of thioether (sulfide) groups is 1. The maximum absolute atomic E-state index is 13.5. The molecule has 5 heteroatoms. The lowest BCUT2D eigenvalue weighted by Crippen LogP contribution is -2.41. The van der Waals surface area contributed by atoms with Gasteiger partial charge in [0, 0.05) is 30.2 Å². The van der Waals surface area contributed by atoms with Crippen molar-refractivity contribution in [3.05, 3.63) is 29.6 Å². The zero-order chi connectivity index (χ0) is 12.4. The number of amides is 1. The number of hydrogen-bond acceptors (Lipinski definition) is 3. The number of carbonyl (C=O) groups is 1. The summed E-state index contributed by atoms with van der Waals surface area (Å²) in [5.74, 6) is -0.246. The van der Waals surface area contributed by atoms with E-state index in [9.17, 15) is 9.18 Å². The van der Waals surface area contributed by atoms with Gasteiger partial charge in [-0.25, -0.2) is 4.39 Å². The average molecular weight is 255 g/mol. The first-order valence-corrected chi connectivity index (χ1v) is 6.52. The maximum atomic E-state index is 13.5. The van der Waals surface area contributed by atoms with Gasteiger partial charge in [0.15, 0.2) is 0 Å². The second-order valence-corrected chi connectivity index (χ2v) is 5.64. The first-order valence-electron chi connectivity index (χ1n) is 5.47. The number of phenols is 1. The van der Waals surface area contributed by atoms with Crippen molar-refractivity contribution in [2.24, 2.45) is 0 Å². The Morgan fingerprint density at radius 1 is 1.59 bits per heavy atom. The number of rotatable bonds is 1. The molecule has 1 aromatic carbocycles. The molecule has 0 aromatic heterocycles. The minimum atomic E-state index is -0.666. The highest BCUT2D eigenvalue weighted by Crippen LogP contribution is 2.22. The van der Waals surface area contributed by atoms with E-state index in [1.165, 1.54) is 12.1 Å². The smallest absolute Gasteiger partial charge is 0.256 e. The summed E-state index contributed by atoms with van der Waals surface area (Å²) in [5.41, 5.74) is 0.0295. The van der Waals surface area contributed by atoms with Gasteiger partial charge in [-0.3, -0.25) is 4.79 Å². The van der Waals surface area contributed by atoms with Gasteiger partial charge in [0.2, 0.25) is 0 Å². The molecule has 0 radical (unpaired) electrons. The summed E-state index contributed by atoms with van der Waals surface area (Å²) in [6, 6.07) is 3.63. The standard InChI is InChI=1S/C12H14FNO2S/c1-8-7-14(4-5-17-8)12(16)10-3-2-9(15)6-11(10)13/h2-3,6,8,15H,4-5,7H2,1H3. The lowest BCUT2D eigenvalue weighted by atomic mass is 10.1. The Bertz CT molecular complexity index is 439. The summed E-state index contributed by atoms with van der Waals surface area (Å²) in [4.78, 5) is 13.7. The van der Waals surface area contributed by atoms with Crippen LogP contribution in [-0.2, 0) is 0 Å². The number of halogens is 1. The fourth-order valence-corrected chi connectivity index (χ4v) is 2.86. The van der Waals surface area contributed by atoms with Crippen LogP contribution >= 0.6 is 11.8 Å². The topological polar surface area (TPSA) is 40.5 Å². The van der Waals surface area contributed by atoms with Crippen LogP contribution in [0.2, 0.25) is 0 Å². The van der Waals surface area contributed by atoms with Crippen LogP contribution in [-0.4, -0.2) is 40.0 Å². The number of phenolic OH excluding ortho intramolecular Hbond substituents is 1. The largest absolute Gasteiger partial charge is 0.508 e. The van der Waals surface area contributed by atoms with Gasteiger partial charge in [0.05, 0.1) is 5.56 Å². The van der Waals surface area contributed by atoms with Crippen LogP contribution in [0.1, 0.15) is 17.3 Å². The van der Waals surface area contributed by atoms with Crippen LogP contribution in [0.5, 0.6) is 5.75 Å². The summed E-state index contributed by atoms with van der Waals surface area (Å²) in [7, 11) is 0. The Morgan fingerprint density at radius 2 is 2.35 bits per heavy atom. The molecule has 92 valence electrons. The summed E-state index contributed by atoms with van der Waals surface area (Å²) in [6.07, 6.45) is 0.